The summed E-state index contributed by atoms with van der Waals surface area (Å²) in [6.45, 7) is 0.351. The third-order valence-electron chi connectivity index (χ3n) is 2.52. The van der Waals surface area contributed by atoms with Crippen molar-refractivity contribution in [1.82, 2.24) is 15.3 Å². The van der Waals surface area contributed by atoms with Crippen LogP contribution in [-0.4, -0.2) is 22.9 Å². The van der Waals surface area contributed by atoms with Crippen LogP contribution in [0.5, 0.6) is 0 Å². The summed E-state index contributed by atoms with van der Waals surface area (Å²) in [4.78, 5) is 20.0. The van der Waals surface area contributed by atoms with Crippen molar-refractivity contribution < 1.29 is 4.79 Å². The van der Waals surface area contributed by atoms with Crippen molar-refractivity contribution in [3.8, 4) is 0 Å². The number of hydrogen-bond acceptors (Lipinski definition) is 4. The van der Waals surface area contributed by atoms with E-state index in [4.69, 9.17) is 11.6 Å². The fourth-order valence-corrected chi connectivity index (χ4v) is 1.71. The molecule has 0 atom stereocenters. The number of benzene rings is 1. The molecule has 0 saturated heterocycles. The quantitative estimate of drug-likeness (QED) is 0.897. The van der Waals surface area contributed by atoms with Crippen LogP contribution in [0.1, 0.15) is 16.1 Å². The minimum Gasteiger partial charge on any atom is -0.372 e. The molecule has 1 amide bonds. The van der Waals surface area contributed by atoms with Gasteiger partial charge in [-0.25, -0.2) is 4.98 Å². The Bertz CT molecular complexity index is 588. The third kappa shape index (κ3) is 3.42. The molecule has 1 heterocycles. The van der Waals surface area contributed by atoms with Gasteiger partial charge in [-0.3, -0.25) is 9.78 Å². The highest BCUT2D eigenvalue weighted by Crippen LogP contribution is 2.14. The molecule has 0 aliphatic rings. The van der Waals surface area contributed by atoms with Crippen LogP contribution < -0.4 is 10.6 Å². The molecule has 2 aromatic rings. The van der Waals surface area contributed by atoms with Gasteiger partial charge in [0.1, 0.15) is 11.5 Å². The lowest BCUT2D eigenvalue weighted by atomic mass is 10.2. The molecule has 0 saturated carbocycles. The third-order valence-corrected chi connectivity index (χ3v) is 2.89. The maximum atomic E-state index is 11.9. The molecular formula is C13H13ClN4O. The molecule has 98 valence electrons. The molecule has 1 aromatic heterocycles. The number of hydrogen-bond donors (Lipinski definition) is 2. The highest BCUT2D eigenvalue weighted by molar-refractivity contribution is 6.31. The van der Waals surface area contributed by atoms with Crippen molar-refractivity contribution in [1.29, 1.82) is 0 Å². The molecule has 0 bridgehead atoms. The first-order valence-electron chi connectivity index (χ1n) is 5.72. The van der Waals surface area contributed by atoms with Gasteiger partial charge in [-0.1, -0.05) is 29.8 Å². The van der Waals surface area contributed by atoms with Crippen LogP contribution in [0.4, 0.5) is 5.82 Å². The summed E-state index contributed by atoms with van der Waals surface area (Å²) < 4.78 is 0. The number of carbonyl (C=O) groups is 1. The van der Waals surface area contributed by atoms with Crippen molar-refractivity contribution in [2.45, 2.75) is 6.54 Å². The molecule has 0 fully saturated rings. The van der Waals surface area contributed by atoms with Gasteiger partial charge >= 0.3 is 0 Å². The van der Waals surface area contributed by atoms with Crippen molar-refractivity contribution in [2.24, 2.45) is 0 Å². The second-order valence-corrected chi connectivity index (χ2v) is 4.22. The Morgan fingerprint density at radius 2 is 2.11 bits per heavy atom. The highest BCUT2D eigenvalue weighted by atomic mass is 35.5. The van der Waals surface area contributed by atoms with Gasteiger partial charge in [0.2, 0.25) is 0 Å². The minimum absolute atomic E-state index is 0.263. The summed E-state index contributed by atoms with van der Waals surface area (Å²) >= 11 is 6.01. The van der Waals surface area contributed by atoms with Gasteiger partial charge in [-0.15, -0.1) is 0 Å². The molecule has 2 rings (SSSR count). The van der Waals surface area contributed by atoms with Gasteiger partial charge in [0.25, 0.3) is 5.91 Å². The van der Waals surface area contributed by atoms with Crippen LogP contribution in [-0.2, 0) is 6.54 Å². The molecule has 6 heteroatoms. The van der Waals surface area contributed by atoms with Crippen molar-refractivity contribution in [3.63, 3.8) is 0 Å². The molecule has 2 N–H and O–H groups in total. The van der Waals surface area contributed by atoms with Gasteiger partial charge in [0.05, 0.1) is 12.4 Å². The number of aromatic nitrogens is 2. The summed E-state index contributed by atoms with van der Waals surface area (Å²) in [6.07, 6.45) is 2.97. The van der Waals surface area contributed by atoms with Crippen LogP contribution in [0.2, 0.25) is 5.02 Å². The molecule has 0 unspecified atom stereocenters. The van der Waals surface area contributed by atoms with E-state index in [1.54, 1.807) is 19.3 Å². The number of rotatable bonds is 4. The van der Waals surface area contributed by atoms with Gasteiger partial charge in [-0.2, -0.15) is 0 Å². The number of nitrogens with zero attached hydrogens (tertiary/aromatic N) is 2. The van der Waals surface area contributed by atoms with E-state index in [-0.39, 0.29) is 11.6 Å². The Labute approximate surface area is 116 Å². The van der Waals surface area contributed by atoms with Crippen LogP contribution in [0, 0.1) is 0 Å². The van der Waals surface area contributed by atoms with Crippen LogP contribution in [0.15, 0.2) is 36.7 Å². The Morgan fingerprint density at radius 1 is 1.32 bits per heavy atom. The van der Waals surface area contributed by atoms with Crippen molar-refractivity contribution in [3.05, 3.63) is 52.9 Å². The summed E-state index contributed by atoms with van der Waals surface area (Å²) in [5, 5.41) is 6.21. The maximum Gasteiger partial charge on any atom is 0.271 e. The normalized spacial score (nSPS) is 10.0. The van der Waals surface area contributed by atoms with Gasteiger partial charge in [-0.05, 0) is 11.6 Å². The zero-order valence-electron chi connectivity index (χ0n) is 10.4. The molecular weight excluding hydrogens is 264 g/mol. The summed E-state index contributed by atoms with van der Waals surface area (Å²) in [7, 11) is 1.72. The second kappa shape index (κ2) is 6.15. The van der Waals surface area contributed by atoms with E-state index in [1.165, 1.54) is 6.20 Å². The lowest BCUT2D eigenvalue weighted by Gasteiger charge is -2.07. The van der Waals surface area contributed by atoms with E-state index >= 15 is 0 Å². The predicted octanol–water partition coefficient (Wildman–Crippen LogP) is 2.10. The standard InChI is InChI=1S/C13H13ClN4O/c1-15-12-8-16-7-11(18-12)13(19)17-6-9-4-2-3-5-10(9)14/h2-5,7-8H,6H2,1H3,(H,15,18)(H,17,19). The Balaban J connectivity index is 2.03. The average molecular weight is 277 g/mol. The van der Waals surface area contributed by atoms with E-state index in [2.05, 4.69) is 20.6 Å². The number of amides is 1. The highest BCUT2D eigenvalue weighted by Gasteiger charge is 2.09. The fraction of sp³-hybridized carbons (Fsp3) is 0.154. The van der Waals surface area contributed by atoms with Crippen molar-refractivity contribution >= 4 is 23.3 Å². The monoisotopic (exact) mass is 276 g/mol. The molecule has 0 radical (unpaired) electrons. The molecule has 19 heavy (non-hydrogen) atoms. The second-order valence-electron chi connectivity index (χ2n) is 3.81. The van der Waals surface area contributed by atoms with E-state index in [0.717, 1.165) is 5.56 Å². The molecule has 0 spiro atoms. The van der Waals surface area contributed by atoms with Gasteiger partial charge in [0, 0.05) is 18.6 Å². The van der Waals surface area contributed by atoms with E-state index < -0.39 is 0 Å². The zero-order valence-corrected chi connectivity index (χ0v) is 11.1. The minimum atomic E-state index is -0.287. The largest absolute Gasteiger partial charge is 0.372 e. The number of halogens is 1. The Hall–Kier alpha value is -2.14. The van der Waals surface area contributed by atoms with Crippen LogP contribution in [0.3, 0.4) is 0 Å². The van der Waals surface area contributed by atoms with Crippen LogP contribution >= 0.6 is 11.6 Å². The van der Waals surface area contributed by atoms with Crippen molar-refractivity contribution in [2.75, 3.05) is 12.4 Å². The van der Waals surface area contributed by atoms with Crippen LogP contribution in [0.25, 0.3) is 0 Å². The summed E-state index contributed by atoms with van der Waals surface area (Å²) in [6, 6.07) is 7.35. The summed E-state index contributed by atoms with van der Waals surface area (Å²) in [5.41, 5.74) is 1.12. The lowest BCUT2D eigenvalue weighted by Crippen LogP contribution is -2.24. The maximum absolute atomic E-state index is 11.9. The Kier molecular flexibility index (Phi) is 4.30. The first kappa shape index (κ1) is 13.3. The number of nitrogens with one attached hydrogen (secondary N) is 2. The van der Waals surface area contributed by atoms with Gasteiger partial charge < -0.3 is 10.6 Å². The summed E-state index contributed by atoms with van der Waals surface area (Å²) in [5.74, 6) is 0.259. The predicted molar refractivity (Wildman–Crippen MR) is 74.2 cm³/mol. The number of anilines is 1. The van der Waals surface area contributed by atoms with E-state index in [1.807, 2.05) is 18.2 Å². The first-order valence-corrected chi connectivity index (χ1v) is 6.10. The molecule has 1 aromatic carbocycles. The van der Waals surface area contributed by atoms with E-state index in [9.17, 15) is 4.79 Å². The Morgan fingerprint density at radius 3 is 2.84 bits per heavy atom. The first-order chi connectivity index (χ1) is 9.20. The smallest absolute Gasteiger partial charge is 0.271 e. The topological polar surface area (TPSA) is 66.9 Å². The molecule has 0 aliphatic heterocycles. The fourth-order valence-electron chi connectivity index (χ4n) is 1.50. The average Bonchev–Trinajstić information content (AvgIpc) is 2.46. The zero-order chi connectivity index (χ0) is 13.7. The number of carbonyl (C=O) groups excluding carboxylic acids is 1. The molecule has 5 nitrogen and oxygen atoms in total. The molecule has 0 aliphatic carbocycles. The van der Waals surface area contributed by atoms with E-state index in [0.29, 0.717) is 17.4 Å². The SMILES string of the molecule is CNc1cncc(C(=O)NCc2ccccc2Cl)n1. The van der Waals surface area contributed by atoms with Gasteiger partial charge in [0.15, 0.2) is 0 Å². The lowest BCUT2D eigenvalue weighted by molar-refractivity contribution is 0.0945.